The van der Waals surface area contributed by atoms with Gasteiger partial charge in [0.2, 0.25) is 0 Å². The van der Waals surface area contributed by atoms with Crippen molar-refractivity contribution in [1.29, 1.82) is 0 Å². The maximum Gasteiger partial charge on any atom is 0.142 e. The number of hydrogen-bond acceptors (Lipinski definition) is 1. The number of rotatable bonds is 4. The average molecular weight is 270 g/mol. The fourth-order valence-corrected chi connectivity index (χ4v) is 3.28. The van der Waals surface area contributed by atoms with Crippen molar-refractivity contribution in [2.75, 3.05) is 6.54 Å². The minimum atomic E-state index is -0.306. The van der Waals surface area contributed by atoms with E-state index in [-0.39, 0.29) is 11.2 Å². The average Bonchev–Trinajstić information content (AvgIpc) is 2.68. The molecule has 2 atom stereocenters. The summed E-state index contributed by atoms with van der Waals surface area (Å²) in [6, 6.07) is 5.71. The summed E-state index contributed by atoms with van der Waals surface area (Å²) in [6.07, 6.45) is 4.40. The number of benzene rings is 1. The van der Waals surface area contributed by atoms with E-state index in [2.05, 4.69) is 19.2 Å². The lowest BCUT2D eigenvalue weighted by molar-refractivity contribution is 0.322. The quantitative estimate of drug-likeness (QED) is 0.864. The first-order chi connectivity index (χ1) is 8.54. The maximum absolute atomic E-state index is 13.4. The first-order valence-corrected chi connectivity index (χ1v) is 7.08. The molecule has 1 N–H and O–H groups in total. The van der Waals surface area contributed by atoms with Crippen molar-refractivity contribution in [1.82, 2.24) is 5.32 Å². The van der Waals surface area contributed by atoms with E-state index in [1.807, 2.05) is 6.07 Å². The van der Waals surface area contributed by atoms with Crippen LogP contribution in [0.1, 0.15) is 38.7 Å². The Labute approximate surface area is 114 Å². The van der Waals surface area contributed by atoms with Gasteiger partial charge in [0.1, 0.15) is 5.82 Å². The molecule has 2 rings (SSSR count). The van der Waals surface area contributed by atoms with Gasteiger partial charge in [0.05, 0.1) is 5.02 Å². The molecule has 0 heterocycles. The van der Waals surface area contributed by atoms with Crippen molar-refractivity contribution in [2.45, 2.75) is 45.6 Å². The van der Waals surface area contributed by atoms with E-state index in [1.54, 1.807) is 6.07 Å². The summed E-state index contributed by atoms with van der Waals surface area (Å²) in [4.78, 5) is 0. The van der Waals surface area contributed by atoms with Gasteiger partial charge < -0.3 is 5.32 Å². The molecule has 0 aliphatic heterocycles. The smallest absolute Gasteiger partial charge is 0.142 e. The molecule has 2 unspecified atom stereocenters. The zero-order valence-electron chi connectivity index (χ0n) is 11.1. The molecular weight excluding hydrogens is 249 g/mol. The molecule has 1 aliphatic carbocycles. The molecule has 18 heavy (non-hydrogen) atoms. The second-order valence-corrected chi connectivity index (χ2v) is 6.08. The van der Waals surface area contributed by atoms with Gasteiger partial charge in [-0.15, -0.1) is 0 Å². The van der Waals surface area contributed by atoms with Crippen LogP contribution < -0.4 is 5.32 Å². The van der Waals surface area contributed by atoms with E-state index in [9.17, 15) is 4.39 Å². The molecule has 0 bridgehead atoms. The van der Waals surface area contributed by atoms with Crippen molar-refractivity contribution in [3.63, 3.8) is 0 Å². The molecule has 0 radical (unpaired) electrons. The highest BCUT2D eigenvalue weighted by Crippen LogP contribution is 2.41. The number of hydrogen-bond donors (Lipinski definition) is 1. The predicted octanol–water partition coefficient (Wildman–Crippen LogP) is 4.19. The Hall–Kier alpha value is -0.600. The fraction of sp³-hybridized carbons (Fsp3) is 0.600. The Morgan fingerprint density at radius 2 is 2.28 bits per heavy atom. The second-order valence-electron chi connectivity index (χ2n) is 5.70. The van der Waals surface area contributed by atoms with Gasteiger partial charge in [-0.3, -0.25) is 0 Å². The van der Waals surface area contributed by atoms with Crippen molar-refractivity contribution in [3.8, 4) is 0 Å². The first kappa shape index (κ1) is 13.8. The van der Waals surface area contributed by atoms with Crippen LogP contribution in [0, 0.1) is 11.2 Å². The van der Waals surface area contributed by atoms with Gasteiger partial charge in [0.25, 0.3) is 0 Å². The molecule has 0 spiro atoms. The van der Waals surface area contributed by atoms with Crippen molar-refractivity contribution >= 4 is 11.6 Å². The van der Waals surface area contributed by atoms with Crippen LogP contribution in [-0.2, 0) is 6.42 Å². The summed E-state index contributed by atoms with van der Waals surface area (Å²) in [5.74, 6) is -0.306. The molecular formula is C15H21ClFN. The topological polar surface area (TPSA) is 12.0 Å². The fourth-order valence-electron chi connectivity index (χ4n) is 3.09. The molecule has 1 aromatic carbocycles. The number of halogens is 2. The lowest BCUT2D eigenvalue weighted by atomic mass is 9.82. The maximum atomic E-state index is 13.4. The predicted molar refractivity (Wildman–Crippen MR) is 74.5 cm³/mol. The highest BCUT2D eigenvalue weighted by molar-refractivity contribution is 6.31. The molecule has 1 aromatic rings. The molecule has 1 aliphatic rings. The van der Waals surface area contributed by atoms with E-state index >= 15 is 0 Å². The van der Waals surface area contributed by atoms with Crippen molar-refractivity contribution < 1.29 is 4.39 Å². The van der Waals surface area contributed by atoms with Gasteiger partial charge in [-0.05, 0) is 49.3 Å². The van der Waals surface area contributed by atoms with Gasteiger partial charge >= 0.3 is 0 Å². The molecule has 0 saturated heterocycles. The molecule has 100 valence electrons. The summed E-state index contributed by atoms with van der Waals surface area (Å²) >= 11 is 6.04. The Kier molecular flexibility index (Phi) is 4.29. The monoisotopic (exact) mass is 269 g/mol. The van der Waals surface area contributed by atoms with Crippen molar-refractivity contribution in [2.24, 2.45) is 5.41 Å². The van der Waals surface area contributed by atoms with E-state index in [0.717, 1.165) is 24.9 Å². The zero-order chi connectivity index (χ0) is 13.2. The van der Waals surface area contributed by atoms with Crippen LogP contribution in [0.3, 0.4) is 0 Å². The number of nitrogens with one attached hydrogen (secondary N) is 1. The third-order valence-electron chi connectivity index (χ3n) is 3.98. The standard InChI is InChI=1S/C15H21ClFN/c1-3-18-12-7-8-15(2,10-12)9-11-5-4-6-13(17)14(11)16/h4-6,12,18H,3,7-10H2,1-2H3. The lowest BCUT2D eigenvalue weighted by Gasteiger charge is -2.25. The molecule has 0 amide bonds. The third kappa shape index (κ3) is 3.04. The molecule has 1 saturated carbocycles. The largest absolute Gasteiger partial charge is 0.314 e. The minimum absolute atomic E-state index is 0.240. The summed E-state index contributed by atoms with van der Waals surface area (Å²) in [6.45, 7) is 5.44. The van der Waals surface area contributed by atoms with Crippen LogP contribution >= 0.6 is 11.6 Å². The van der Waals surface area contributed by atoms with Gasteiger partial charge in [-0.25, -0.2) is 4.39 Å². The van der Waals surface area contributed by atoms with Crippen LogP contribution in [0.15, 0.2) is 18.2 Å². The van der Waals surface area contributed by atoms with Gasteiger partial charge in [-0.2, -0.15) is 0 Å². The van der Waals surface area contributed by atoms with Gasteiger partial charge in [0, 0.05) is 6.04 Å². The molecule has 1 nitrogen and oxygen atoms in total. The summed E-state index contributed by atoms with van der Waals surface area (Å²) in [5, 5.41) is 3.80. The Morgan fingerprint density at radius 1 is 1.50 bits per heavy atom. The van der Waals surface area contributed by atoms with E-state index < -0.39 is 0 Å². The zero-order valence-corrected chi connectivity index (χ0v) is 11.9. The molecule has 1 fully saturated rings. The van der Waals surface area contributed by atoms with E-state index in [4.69, 9.17) is 11.6 Å². The first-order valence-electron chi connectivity index (χ1n) is 6.70. The van der Waals surface area contributed by atoms with Crippen LogP contribution in [0.2, 0.25) is 5.02 Å². The van der Waals surface area contributed by atoms with E-state index in [0.29, 0.717) is 11.1 Å². The normalized spacial score (nSPS) is 27.7. The summed E-state index contributed by atoms with van der Waals surface area (Å²) in [7, 11) is 0. The van der Waals surface area contributed by atoms with Crippen LogP contribution in [0.5, 0.6) is 0 Å². The summed E-state index contributed by atoms with van der Waals surface area (Å²) < 4.78 is 13.4. The lowest BCUT2D eigenvalue weighted by Crippen LogP contribution is -2.28. The second kappa shape index (κ2) is 5.58. The summed E-state index contributed by atoms with van der Waals surface area (Å²) in [5.41, 5.74) is 1.18. The van der Waals surface area contributed by atoms with Gasteiger partial charge in [0.15, 0.2) is 0 Å². The van der Waals surface area contributed by atoms with E-state index in [1.165, 1.54) is 18.9 Å². The molecule has 3 heteroatoms. The minimum Gasteiger partial charge on any atom is -0.314 e. The Balaban J connectivity index is 2.07. The molecule has 0 aromatic heterocycles. The van der Waals surface area contributed by atoms with Crippen LogP contribution in [0.4, 0.5) is 4.39 Å². The van der Waals surface area contributed by atoms with Crippen LogP contribution in [0.25, 0.3) is 0 Å². The Bertz CT molecular complexity index is 421. The third-order valence-corrected chi connectivity index (χ3v) is 4.40. The highest BCUT2D eigenvalue weighted by atomic mass is 35.5. The van der Waals surface area contributed by atoms with Gasteiger partial charge in [-0.1, -0.05) is 37.6 Å². The van der Waals surface area contributed by atoms with Crippen LogP contribution in [-0.4, -0.2) is 12.6 Å². The van der Waals surface area contributed by atoms with Crippen molar-refractivity contribution in [3.05, 3.63) is 34.6 Å². The SMILES string of the molecule is CCNC1CCC(C)(Cc2cccc(F)c2Cl)C1. The Morgan fingerprint density at radius 3 is 3.00 bits per heavy atom. The highest BCUT2D eigenvalue weighted by Gasteiger charge is 2.35.